The van der Waals surface area contributed by atoms with Crippen LogP contribution in [0.3, 0.4) is 0 Å². The van der Waals surface area contributed by atoms with Crippen molar-refractivity contribution >= 4 is 15.7 Å². The van der Waals surface area contributed by atoms with Gasteiger partial charge in [-0.05, 0) is 49.1 Å². The molecular formula is C22H31N3O2S. The molecular weight excluding hydrogens is 370 g/mol. The van der Waals surface area contributed by atoms with Crippen molar-refractivity contribution in [2.45, 2.75) is 38.1 Å². The van der Waals surface area contributed by atoms with Crippen LogP contribution in [0.2, 0.25) is 0 Å². The van der Waals surface area contributed by atoms with Gasteiger partial charge in [0, 0.05) is 45.5 Å². The molecule has 0 unspecified atom stereocenters. The zero-order valence-corrected chi connectivity index (χ0v) is 18.0. The Morgan fingerprint density at radius 1 is 1.04 bits per heavy atom. The van der Waals surface area contributed by atoms with Crippen LogP contribution in [-0.4, -0.2) is 45.8 Å². The second-order valence-electron chi connectivity index (χ2n) is 7.93. The quantitative estimate of drug-likeness (QED) is 0.774. The molecule has 0 saturated carbocycles. The lowest BCUT2D eigenvalue weighted by Crippen LogP contribution is -2.42. The van der Waals surface area contributed by atoms with Crippen molar-refractivity contribution in [1.82, 2.24) is 9.62 Å². The molecule has 28 heavy (non-hydrogen) atoms. The van der Waals surface area contributed by atoms with Gasteiger partial charge in [-0.3, -0.25) is 4.90 Å². The summed E-state index contributed by atoms with van der Waals surface area (Å²) in [6.45, 7) is 5.55. The Labute approximate surface area is 169 Å². The van der Waals surface area contributed by atoms with Crippen LogP contribution in [-0.2, 0) is 23.0 Å². The van der Waals surface area contributed by atoms with Crippen LogP contribution in [0.4, 0.5) is 5.69 Å². The van der Waals surface area contributed by atoms with Gasteiger partial charge in [0.15, 0.2) is 0 Å². The van der Waals surface area contributed by atoms with Gasteiger partial charge in [-0.1, -0.05) is 36.4 Å². The second-order valence-corrected chi connectivity index (χ2v) is 10.3. The Morgan fingerprint density at radius 2 is 1.68 bits per heavy atom. The summed E-state index contributed by atoms with van der Waals surface area (Å²) in [7, 11) is 0.730. The fourth-order valence-corrected chi connectivity index (χ4v) is 4.32. The molecule has 0 amide bonds. The van der Waals surface area contributed by atoms with E-state index in [1.165, 1.54) is 11.1 Å². The highest BCUT2D eigenvalue weighted by atomic mass is 32.2. The van der Waals surface area contributed by atoms with Gasteiger partial charge in [0.1, 0.15) is 0 Å². The van der Waals surface area contributed by atoms with Gasteiger partial charge in [0.25, 0.3) is 0 Å². The molecule has 1 N–H and O–H groups in total. The Bertz CT molecular complexity index is 892. The minimum atomic E-state index is -3.31. The molecule has 0 aliphatic carbocycles. The first kappa shape index (κ1) is 20.8. The zero-order valence-electron chi connectivity index (χ0n) is 17.2. The summed E-state index contributed by atoms with van der Waals surface area (Å²) in [5.74, 6) is 0. The van der Waals surface area contributed by atoms with Crippen LogP contribution in [0, 0.1) is 0 Å². The van der Waals surface area contributed by atoms with Gasteiger partial charge in [-0.15, -0.1) is 0 Å². The third-order valence-corrected chi connectivity index (χ3v) is 7.30. The molecule has 2 aromatic rings. The number of fused-ring (bicyclic) bond motifs is 1. The molecule has 152 valence electrons. The molecule has 1 aliphatic heterocycles. The van der Waals surface area contributed by atoms with E-state index in [9.17, 15) is 8.42 Å². The van der Waals surface area contributed by atoms with Gasteiger partial charge in [0.05, 0.1) is 5.25 Å². The number of sulfonamides is 1. The van der Waals surface area contributed by atoms with Crippen LogP contribution >= 0.6 is 0 Å². The summed E-state index contributed by atoms with van der Waals surface area (Å²) in [5, 5.41) is -0.439. The lowest BCUT2D eigenvalue weighted by atomic mass is 9.96. The summed E-state index contributed by atoms with van der Waals surface area (Å²) in [4.78, 5) is 4.45. The summed E-state index contributed by atoms with van der Waals surface area (Å²) in [6.07, 6.45) is 0.986. The Morgan fingerprint density at radius 3 is 2.29 bits per heavy atom. The maximum Gasteiger partial charge on any atom is 0.213 e. The van der Waals surface area contributed by atoms with Crippen molar-refractivity contribution in [1.29, 1.82) is 0 Å². The molecule has 3 rings (SSSR count). The molecule has 0 radical (unpaired) electrons. The second kappa shape index (κ2) is 8.64. The highest BCUT2D eigenvalue weighted by Gasteiger charge is 2.27. The largest absolute Gasteiger partial charge is 0.378 e. The van der Waals surface area contributed by atoms with Crippen molar-refractivity contribution < 1.29 is 8.42 Å². The fraction of sp³-hybridized carbons (Fsp3) is 0.455. The number of anilines is 1. The average molecular weight is 402 g/mol. The minimum Gasteiger partial charge on any atom is -0.378 e. The van der Waals surface area contributed by atoms with Gasteiger partial charge >= 0.3 is 0 Å². The third-order valence-electron chi connectivity index (χ3n) is 5.49. The molecule has 0 saturated heterocycles. The minimum absolute atomic E-state index is 0.00177. The van der Waals surface area contributed by atoms with Gasteiger partial charge in [-0.25, -0.2) is 13.1 Å². The van der Waals surface area contributed by atoms with Crippen molar-refractivity contribution in [3.05, 3.63) is 65.2 Å². The summed E-state index contributed by atoms with van der Waals surface area (Å²) >= 11 is 0. The average Bonchev–Trinajstić information content (AvgIpc) is 2.68. The first-order valence-electron chi connectivity index (χ1n) is 9.84. The third kappa shape index (κ3) is 4.74. The number of hydrogen-bond donors (Lipinski definition) is 1. The number of nitrogens with one attached hydrogen (secondary N) is 1. The predicted octanol–water partition coefficient (Wildman–Crippen LogP) is 3.18. The van der Waals surface area contributed by atoms with E-state index in [2.05, 4.69) is 63.1 Å². The SMILES string of the molecule is CC(C)S(=O)(=O)NC[C@@H](c1ccc(N(C)C)cc1)N1CCc2ccccc2C1. The molecule has 0 bridgehead atoms. The number of benzene rings is 2. The molecule has 0 aromatic heterocycles. The van der Waals surface area contributed by atoms with E-state index in [1.54, 1.807) is 13.8 Å². The standard InChI is InChI=1S/C22H31N3O2S/c1-17(2)28(26,27)23-15-22(19-9-11-21(12-10-19)24(3)4)25-14-13-18-7-5-6-8-20(18)16-25/h5-12,17,22-23H,13-16H2,1-4H3/t22-/m0/s1. The smallest absolute Gasteiger partial charge is 0.213 e. The van der Waals surface area contributed by atoms with E-state index in [-0.39, 0.29) is 6.04 Å². The number of nitrogens with zero attached hydrogens (tertiary/aromatic N) is 2. The Kier molecular flexibility index (Phi) is 6.43. The maximum atomic E-state index is 12.4. The van der Waals surface area contributed by atoms with Crippen molar-refractivity contribution in [2.75, 3.05) is 32.1 Å². The van der Waals surface area contributed by atoms with Gasteiger partial charge in [-0.2, -0.15) is 0 Å². The van der Waals surface area contributed by atoms with Crippen molar-refractivity contribution in [3.63, 3.8) is 0 Å². The lowest BCUT2D eigenvalue weighted by molar-refractivity contribution is 0.180. The van der Waals surface area contributed by atoms with Gasteiger partial charge in [0.2, 0.25) is 10.0 Å². The zero-order chi connectivity index (χ0) is 20.3. The van der Waals surface area contributed by atoms with Crippen LogP contribution < -0.4 is 9.62 Å². The van der Waals surface area contributed by atoms with Crippen LogP contribution in [0.5, 0.6) is 0 Å². The maximum absolute atomic E-state index is 12.4. The van der Waals surface area contributed by atoms with E-state index < -0.39 is 15.3 Å². The van der Waals surface area contributed by atoms with Crippen molar-refractivity contribution in [3.8, 4) is 0 Å². The summed E-state index contributed by atoms with van der Waals surface area (Å²) in [6, 6.07) is 16.9. The van der Waals surface area contributed by atoms with E-state index >= 15 is 0 Å². The molecule has 6 heteroatoms. The topological polar surface area (TPSA) is 52.7 Å². The van der Waals surface area contributed by atoms with E-state index in [0.29, 0.717) is 6.54 Å². The highest BCUT2D eigenvalue weighted by Crippen LogP contribution is 2.29. The highest BCUT2D eigenvalue weighted by molar-refractivity contribution is 7.90. The van der Waals surface area contributed by atoms with Crippen LogP contribution in [0.1, 0.15) is 36.6 Å². The first-order chi connectivity index (χ1) is 13.3. The number of hydrogen-bond acceptors (Lipinski definition) is 4. The van der Waals surface area contributed by atoms with E-state index in [1.807, 2.05) is 14.1 Å². The first-order valence-corrected chi connectivity index (χ1v) is 11.4. The Hall–Kier alpha value is -1.89. The predicted molar refractivity (Wildman–Crippen MR) is 116 cm³/mol. The molecule has 2 aromatic carbocycles. The van der Waals surface area contributed by atoms with Crippen LogP contribution in [0.15, 0.2) is 48.5 Å². The lowest BCUT2D eigenvalue weighted by Gasteiger charge is -2.36. The molecule has 0 fully saturated rings. The molecule has 1 heterocycles. The molecule has 5 nitrogen and oxygen atoms in total. The summed E-state index contributed by atoms with van der Waals surface area (Å²) in [5.41, 5.74) is 4.99. The van der Waals surface area contributed by atoms with Crippen LogP contribution in [0.25, 0.3) is 0 Å². The normalized spacial score (nSPS) is 16.0. The molecule has 1 aliphatic rings. The Balaban J connectivity index is 1.86. The molecule has 0 spiro atoms. The van der Waals surface area contributed by atoms with E-state index in [0.717, 1.165) is 30.8 Å². The van der Waals surface area contributed by atoms with Crippen molar-refractivity contribution in [2.24, 2.45) is 0 Å². The number of rotatable bonds is 7. The van der Waals surface area contributed by atoms with Gasteiger partial charge < -0.3 is 4.90 Å². The van der Waals surface area contributed by atoms with E-state index in [4.69, 9.17) is 0 Å². The fourth-order valence-electron chi connectivity index (χ4n) is 3.60. The summed E-state index contributed by atoms with van der Waals surface area (Å²) < 4.78 is 27.5. The molecule has 1 atom stereocenters. The monoisotopic (exact) mass is 401 g/mol.